The predicted octanol–water partition coefficient (Wildman–Crippen LogP) is 13.8. The Labute approximate surface area is 290 Å². The van der Waals surface area contributed by atoms with E-state index in [0.29, 0.717) is 0 Å². The van der Waals surface area contributed by atoms with Crippen molar-refractivity contribution in [3.63, 3.8) is 0 Å². The summed E-state index contributed by atoms with van der Waals surface area (Å²) in [5.74, 6) is 0. The van der Waals surface area contributed by atoms with E-state index < -0.39 is 0 Å². The summed E-state index contributed by atoms with van der Waals surface area (Å²) >= 11 is 0. The predicted molar refractivity (Wildman–Crippen MR) is 212 cm³/mol. The van der Waals surface area contributed by atoms with Gasteiger partial charge in [-0.3, -0.25) is 0 Å². The van der Waals surface area contributed by atoms with E-state index >= 15 is 0 Å². The maximum Gasteiger partial charge on any atom is 0.136 e. The molecule has 1 aliphatic rings. The van der Waals surface area contributed by atoms with Crippen LogP contribution in [0.4, 0.5) is 0 Å². The fourth-order valence-electron chi connectivity index (χ4n) is 9.02. The molecule has 1 nitrogen and oxygen atoms in total. The summed E-state index contributed by atoms with van der Waals surface area (Å²) in [6.07, 6.45) is 0. The summed E-state index contributed by atoms with van der Waals surface area (Å²) in [4.78, 5) is 0. The van der Waals surface area contributed by atoms with Crippen LogP contribution in [0, 0.1) is 0 Å². The van der Waals surface area contributed by atoms with Crippen molar-refractivity contribution in [1.29, 1.82) is 0 Å². The van der Waals surface area contributed by atoms with Crippen LogP contribution in [0.15, 0.2) is 162 Å². The van der Waals surface area contributed by atoms with E-state index in [2.05, 4.69) is 172 Å². The topological polar surface area (TPSA) is 13.1 Å². The first-order chi connectivity index (χ1) is 24.5. The highest BCUT2D eigenvalue weighted by Crippen LogP contribution is 2.53. The molecular weight excluding hydrogens is 605 g/mol. The summed E-state index contributed by atoms with van der Waals surface area (Å²) in [5, 5.41) is 12.4. The van der Waals surface area contributed by atoms with Crippen LogP contribution in [0.1, 0.15) is 25.0 Å². The number of benzene rings is 9. The van der Waals surface area contributed by atoms with E-state index in [1.54, 1.807) is 0 Å². The van der Waals surface area contributed by atoms with Crippen LogP contribution in [-0.4, -0.2) is 0 Å². The van der Waals surface area contributed by atoms with Crippen LogP contribution in [0.5, 0.6) is 0 Å². The molecule has 0 N–H and O–H groups in total. The number of rotatable bonds is 2. The van der Waals surface area contributed by atoms with Gasteiger partial charge in [0.1, 0.15) is 11.2 Å². The van der Waals surface area contributed by atoms with Gasteiger partial charge in [0.05, 0.1) is 0 Å². The third-order valence-electron chi connectivity index (χ3n) is 11.4. The van der Waals surface area contributed by atoms with Crippen LogP contribution in [0.25, 0.3) is 98.4 Å². The zero-order valence-electron chi connectivity index (χ0n) is 27.9. The molecule has 9 aromatic carbocycles. The number of furan rings is 1. The first-order valence-corrected chi connectivity index (χ1v) is 17.5. The number of hydrogen-bond acceptors (Lipinski definition) is 1. The number of fused-ring (bicyclic) bond motifs is 11. The van der Waals surface area contributed by atoms with Gasteiger partial charge in [-0.25, -0.2) is 0 Å². The maximum absolute atomic E-state index is 6.78. The lowest BCUT2D eigenvalue weighted by atomic mass is 9.82. The van der Waals surface area contributed by atoms with Gasteiger partial charge in [-0.1, -0.05) is 141 Å². The Bertz CT molecular complexity index is 3010. The molecule has 10 aromatic rings. The van der Waals surface area contributed by atoms with Crippen LogP contribution in [0.2, 0.25) is 0 Å². The average molecular weight is 637 g/mol. The van der Waals surface area contributed by atoms with Crippen molar-refractivity contribution in [3.8, 4) is 33.4 Å². The van der Waals surface area contributed by atoms with E-state index in [-0.39, 0.29) is 5.41 Å². The van der Waals surface area contributed by atoms with Crippen molar-refractivity contribution in [1.82, 2.24) is 0 Å². The molecule has 0 aliphatic heterocycles. The molecule has 0 spiro atoms. The molecule has 0 amide bonds. The summed E-state index contributed by atoms with van der Waals surface area (Å²) in [5.41, 5.74) is 12.1. The van der Waals surface area contributed by atoms with Gasteiger partial charge in [-0.05, 0) is 118 Å². The zero-order valence-corrected chi connectivity index (χ0v) is 27.9. The molecule has 1 aliphatic carbocycles. The van der Waals surface area contributed by atoms with E-state index in [0.717, 1.165) is 16.6 Å². The van der Waals surface area contributed by atoms with Crippen molar-refractivity contribution in [3.05, 3.63) is 169 Å². The van der Waals surface area contributed by atoms with E-state index in [1.165, 1.54) is 93.0 Å². The second kappa shape index (κ2) is 9.94. The van der Waals surface area contributed by atoms with Crippen molar-refractivity contribution in [2.45, 2.75) is 19.3 Å². The molecule has 0 saturated heterocycles. The molecular formula is C49H32O. The third-order valence-corrected chi connectivity index (χ3v) is 11.4. The minimum absolute atomic E-state index is 0.113. The lowest BCUT2D eigenvalue weighted by molar-refractivity contribution is 0.647. The van der Waals surface area contributed by atoms with Crippen molar-refractivity contribution in [2.24, 2.45) is 0 Å². The first kappa shape index (κ1) is 27.7. The molecule has 0 bridgehead atoms. The van der Waals surface area contributed by atoms with E-state index in [9.17, 15) is 0 Å². The normalized spacial score (nSPS) is 13.6. The quantitative estimate of drug-likeness (QED) is 0.172. The lowest BCUT2D eigenvalue weighted by Gasteiger charge is -2.21. The van der Waals surface area contributed by atoms with Crippen LogP contribution in [-0.2, 0) is 5.41 Å². The summed E-state index contributed by atoms with van der Waals surface area (Å²) in [6, 6.07) is 58.1. The van der Waals surface area contributed by atoms with Crippen LogP contribution in [0.3, 0.4) is 0 Å². The Morgan fingerprint density at radius 1 is 0.360 bits per heavy atom. The van der Waals surface area contributed by atoms with Crippen LogP contribution < -0.4 is 0 Å². The smallest absolute Gasteiger partial charge is 0.136 e. The fourth-order valence-corrected chi connectivity index (χ4v) is 9.02. The summed E-state index contributed by atoms with van der Waals surface area (Å²) in [6.45, 7) is 4.69. The Morgan fingerprint density at radius 3 is 1.60 bits per heavy atom. The molecule has 1 aromatic heterocycles. The second-order valence-corrected chi connectivity index (χ2v) is 14.4. The Morgan fingerprint density at radius 2 is 0.900 bits per heavy atom. The maximum atomic E-state index is 6.78. The molecule has 0 atom stereocenters. The molecule has 0 radical (unpaired) electrons. The van der Waals surface area contributed by atoms with Gasteiger partial charge in [-0.2, -0.15) is 0 Å². The zero-order chi connectivity index (χ0) is 33.1. The highest BCUT2D eigenvalue weighted by Gasteiger charge is 2.37. The molecule has 1 heteroatoms. The van der Waals surface area contributed by atoms with Gasteiger partial charge in [0, 0.05) is 16.2 Å². The molecule has 234 valence electrons. The Balaban J connectivity index is 1.15. The molecule has 50 heavy (non-hydrogen) atoms. The molecule has 0 unspecified atom stereocenters. The van der Waals surface area contributed by atoms with Crippen molar-refractivity contribution >= 4 is 65.0 Å². The van der Waals surface area contributed by atoms with Gasteiger partial charge in [0.2, 0.25) is 0 Å². The van der Waals surface area contributed by atoms with Crippen molar-refractivity contribution in [2.75, 3.05) is 0 Å². The highest BCUT2D eigenvalue weighted by atomic mass is 16.3. The Kier molecular flexibility index (Phi) is 5.51. The van der Waals surface area contributed by atoms with Crippen LogP contribution >= 0.6 is 0 Å². The van der Waals surface area contributed by atoms with Gasteiger partial charge in [-0.15, -0.1) is 0 Å². The standard InChI is InChI=1S/C49H32O/c1-49(2)42-24-22-30-12-5-6-14-34(30)48(42)41-27-40-35-23-21-33(26-44(35)50-45(40)28-43(41)49)47-38-17-9-7-15-36(38)46(37-16-8-10-18-39(37)47)32-20-19-29-11-3-4-13-31(29)25-32/h3-28H,1-2H3. The highest BCUT2D eigenvalue weighted by molar-refractivity contribution is 6.22. The third kappa shape index (κ3) is 3.72. The monoisotopic (exact) mass is 636 g/mol. The molecule has 11 rings (SSSR count). The van der Waals surface area contributed by atoms with E-state index in [4.69, 9.17) is 4.42 Å². The van der Waals surface area contributed by atoms with Crippen molar-refractivity contribution < 1.29 is 4.42 Å². The first-order valence-electron chi connectivity index (χ1n) is 17.5. The van der Waals surface area contributed by atoms with E-state index in [1.807, 2.05) is 0 Å². The second-order valence-electron chi connectivity index (χ2n) is 14.4. The molecule has 1 heterocycles. The summed E-state index contributed by atoms with van der Waals surface area (Å²) in [7, 11) is 0. The lowest BCUT2D eigenvalue weighted by Crippen LogP contribution is -2.14. The van der Waals surface area contributed by atoms with Gasteiger partial charge in [0.15, 0.2) is 0 Å². The largest absolute Gasteiger partial charge is 0.456 e. The van der Waals surface area contributed by atoms with Gasteiger partial charge in [0.25, 0.3) is 0 Å². The van der Waals surface area contributed by atoms with Gasteiger partial charge < -0.3 is 4.42 Å². The average Bonchev–Trinajstić information content (AvgIpc) is 3.63. The number of hydrogen-bond donors (Lipinski definition) is 0. The Hall–Kier alpha value is -6.18. The molecule has 0 saturated carbocycles. The van der Waals surface area contributed by atoms with Gasteiger partial charge >= 0.3 is 0 Å². The summed E-state index contributed by atoms with van der Waals surface area (Å²) < 4.78 is 6.78. The fraction of sp³-hybridized carbons (Fsp3) is 0.0612. The minimum Gasteiger partial charge on any atom is -0.456 e. The SMILES string of the molecule is CC1(C)c2cc3oc4cc(-c5c6ccccc6c(-c6ccc7ccccc7c6)c6ccccc56)ccc4c3cc2-c2c1ccc1ccccc21. The molecule has 0 fully saturated rings. The minimum atomic E-state index is -0.113.